The molecule has 1 heterocycles. The molecule has 4 nitrogen and oxygen atoms in total. The van der Waals surface area contributed by atoms with Crippen molar-refractivity contribution in [2.24, 2.45) is 0 Å². The monoisotopic (exact) mass is 310 g/mol. The van der Waals surface area contributed by atoms with E-state index in [0.717, 1.165) is 36.5 Å². The number of fused-ring (bicyclic) bond motifs is 1. The van der Waals surface area contributed by atoms with E-state index in [0.29, 0.717) is 13.0 Å². The molecule has 0 spiro atoms. The minimum absolute atomic E-state index is 0.0352. The molecular weight excluding hydrogens is 288 g/mol. The number of ether oxygens (including phenoxy) is 1. The van der Waals surface area contributed by atoms with Crippen molar-refractivity contribution in [2.45, 2.75) is 26.3 Å². The molecule has 1 aliphatic heterocycles. The molecule has 1 aliphatic rings. The lowest BCUT2D eigenvalue weighted by molar-refractivity contribution is -0.116. The molecule has 2 aromatic rings. The van der Waals surface area contributed by atoms with Gasteiger partial charge in [-0.3, -0.25) is 4.79 Å². The van der Waals surface area contributed by atoms with Crippen molar-refractivity contribution in [3.63, 3.8) is 0 Å². The number of amides is 1. The van der Waals surface area contributed by atoms with Crippen LogP contribution < -0.4 is 15.4 Å². The zero-order valence-electron chi connectivity index (χ0n) is 13.4. The number of anilines is 1. The van der Waals surface area contributed by atoms with E-state index < -0.39 is 0 Å². The second kappa shape index (κ2) is 7.29. The van der Waals surface area contributed by atoms with E-state index in [1.165, 1.54) is 11.1 Å². The van der Waals surface area contributed by atoms with Gasteiger partial charge >= 0.3 is 0 Å². The number of hydrogen-bond acceptors (Lipinski definition) is 3. The van der Waals surface area contributed by atoms with Crippen molar-refractivity contribution in [1.82, 2.24) is 5.32 Å². The normalized spacial score (nSPS) is 13.6. The number of nitrogens with one attached hydrogen (secondary N) is 2. The minimum atomic E-state index is 0.0352. The van der Waals surface area contributed by atoms with Gasteiger partial charge in [-0.1, -0.05) is 29.8 Å². The van der Waals surface area contributed by atoms with Crippen LogP contribution in [0.5, 0.6) is 5.75 Å². The Labute approximate surface area is 136 Å². The molecule has 23 heavy (non-hydrogen) atoms. The van der Waals surface area contributed by atoms with Crippen LogP contribution in [0.1, 0.15) is 23.1 Å². The summed E-state index contributed by atoms with van der Waals surface area (Å²) in [6, 6.07) is 14.1. The van der Waals surface area contributed by atoms with Crippen molar-refractivity contribution in [3.05, 3.63) is 59.2 Å². The van der Waals surface area contributed by atoms with Crippen LogP contribution in [0, 0.1) is 6.92 Å². The van der Waals surface area contributed by atoms with E-state index in [9.17, 15) is 4.79 Å². The first-order valence-corrected chi connectivity index (χ1v) is 8.02. The number of hydrogen-bond donors (Lipinski definition) is 2. The fourth-order valence-corrected chi connectivity index (χ4v) is 2.63. The Hall–Kier alpha value is -2.33. The molecule has 120 valence electrons. The third-order valence-corrected chi connectivity index (χ3v) is 3.96. The zero-order valence-corrected chi connectivity index (χ0v) is 13.4. The van der Waals surface area contributed by atoms with E-state index in [1.807, 2.05) is 18.2 Å². The van der Waals surface area contributed by atoms with Crippen molar-refractivity contribution >= 4 is 11.6 Å². The van der Waals surface area contributed by atoms with Crippen LogP contribution in [-0.2, 0) is 17.8 Å². The van der Waals surface area contributed by atoms with Gasteiger partial charge in [0.05, 0.1) is 0 Å². The molecule has 0 unspecified atom stereocenters. The molecule has 0 saturated heterocycles. The van der Waals surface area contributed by atoms with Gasteiger partial charge in [0.1, 0.15) is 12.4 Å². The summed E-state index contributed by atoms with van der Waals surface area (Å²) in [6.07, 6.45) is 1.23. The number of carbonyl (C=O) groups is 1. The van der Waals surface area contributed by atoms with Crippen molar-refractivity contribution < 1.29 is 9.53 Å². The van der Waals surface area contributed by atoms with Crippen LogP contribution in [0.3, 0.4) is 0 Å². The van der Waals surface area contributed by atoms with Crippen molar-refractivity contribution in [1.29, 1.82) is 0 Å². The van der Waals surface area contributed by atoms with Crippen LogP contribution in [-0.4, -0.2) is 19.1 Å². The Kier molecular flexibility index (Phi) is 4.93. The van der Waals surface area contributed by atoms with Gasteiger partial charge in [0.15, 0.2) is 0 Å². The second-order valence-electron chi connectivity index (χ2n) is 5.88. The first-order valence-electron chi connectivity index (χ1n) is 8.02. The average Bonchev–Trinajstić information content (AvgIpc) is 2.79. The highest BCUT2D eigenvalue weighted by molar-refractivity contribution is 5.91. The molecule has 0 atom stereocenters. The first kappa shape index (κ1) is 15.6. The fraction of sp³-hybridized carbons (Fsp3) is 0.316. The van der Waals surface area contributed by atoms with Crippen molar-refractivity contribution in [3.8, 4) is 5.75 Å². The predicted octanol–water partition coefficient (Wildman–Crippen LogP) is 3.05. The molecule has 4 heteroatoms. The van der Waals surface area contributed by atoms with Gasteiger partial charge in [-0.2, -0.15) is 0 Å². The molecule has 0 aromatic heterocycles. The summed E-state index contributed by atoms with van der Waals surface area (Å²) < 4.78 is 5.65. The van der Waals surface area contributed by atoms with Gasteiger partial charge in [0.25, 0.3) is 0 Å². The molecule has 2 N–H and O–H groups in total. The first-order chi connectivity index (χ1) is 11.2. The van der Waals surface area contributed by atoms with E-state index in [4.69, 9.17) is 4.74 Å². The summed E-state index contributed by atoms with van der Waals surface area (Å²) in [5, 5.41) is 6.27. The number of carbonyl (C=O) groups excluding carboxylic acids is 1. The molecule has 0 radical (unpaired) electrons. The second-order valence-corrected chi connectivity index (χ2v) is 5.88. The molecule has 0 fully saturated rings. The molecule has 1 amide bonds. The summed E-state index contributed by atoms with van der Waals surface area (Å²) in [6.45, 7) is 4.35. The van der Waals surface area contributed by atoms with Gasteiger partial charge < -0.3 is 15.4 Å². The van der Waals surface area contributed by atoms with E-state index in [1.54, 1.807) is 0 Å². The van der Waals surface area contributed by atoms with Gasteiger partial charge in [0.2, 0.25) is 5.91 Å². The fourth-order valence-electron chi connectivity index (χ4n) is 2.63. The summed E-state index contributed by atoms with van der Waals surface area (Å²) >= 11 is 0. The van der Waals surface area contributed by atoms with Gasteiger partial charge in [-0.05, 0) is 37.1 Å². The summed E-state index contributed by atoms with van der Waals surface area (Å²) in [7, 11) is 0. The van der Waals surface area contributed by atoms with E-state index in [-0.39, 0.29) is 5.91 Å². The highest BCUT2D eigenvalue weighted by Gasteiger charge is 2.10. The smallest absolute Gasteiger partial charge is 0.224 e. The Morgan fingerprint density at radius 2 is 2.04 bits per heavy atom. The lowest BCUT2D eigenvalue weighted by atomic mass is 10.1. The zero-order chi connectivity index (χ0) is 16.1. The predicted molar refractivity (Wildman–Crippen MR) is 91.8 cm³/mol. The van der Waals surface area contributed by atoms with Crippen LogP contribution in [0.25, 0.3) is 0 Å². The van der Waals surface area contributed by atoms with E-state index >= 15 is 0 Å². The Balaban J connectivity index is 1.57. The maximum absolute atomic E-state index is 12.1. The molecule has 0 aliphatic carbocycles. The molecule has 2 aromatic carbocycles. The Morgan fingerprint density at radius 3 is 2.87 bits per heavy atom. The standard InChI is InChI=1S/C19H22N2O2/c1-14-2-4-15(5-3-14)6-9-19(22)21-17-7-8-18-16(12-17)13-20-10-11-23-18/h2-5,7-8,12,20H,6,9-11,13H2,1H3,(H,21,22). The number of aryl methyl sites for hydroxylation is 2. The van der Waals surface area contributed by atoms with Crippen LogP contribution in [0.2, 0.25) is 0 Å². The highest BCUT2D eigenvalue weighted by atomic mass is 16.5. The molecule has 0 saturated carbocycles. The molecule has 3 rings (SSSR count). The lowest BCUT2D eigenvalue weighted by Crippen LogP contribution is -2.16. The molecule has 0 bridgehead atoms. The van der Waals surface area contributed by atoms with Gasteiger partial charge in [-0.25, -0.2) is 0 Å². The van der Waals surface area contributed by atoms with Crippen molar-refractivity contribution in [2.75, 3.05) is 18.5 Å². The minimum Gasteiger partial charge on any atom is -0.492 e. The summed E-state index contributed by atoms with van der Waals surface area (Å²) in [5.74, 6) is 0.931. The van der Waals surface area contributed by atoms with Crippen LogP contribution in [0.15, 0.2) is 42.5 Å². The van der Waals surface area contributed by atoms with Gasteiger partial charge in [-0.15, -0.1) is 0 Å². The third-order valence-electron chi connectivity index (χ3n) is 3.96. The largest absolute Gasteiger partial charge is 0.492 e. The number of rotatable bonds is 4. The Morgan fingerprint density at radius 1 is 1.22 bits per heavy atom. The molecular formula is C19H22N2O2. The van der Waals surface area contributed by atoms with Crippen LogP contribution >= 0.6 is 0 Å². The Bertz CT molecular complexity index is 680. The topological polar surface area (TPSA) is 50.4 Å². The third kappa shape index (κ3) is 4.33. The number of benzene rings is 2. The average molecular weight is 310 g/mol. The van der Waals surface area contributed by atoms with Gasteiger partial charge in [0, 0.05) is 30.8 Å². The summed E-state index contributed by atoms with van der Waals surface area (Å²) in [5.41, 5.74) is 4.33. The van der Waals surface area contributed by atoms with Crippen LogP contribution in [0.4, 0.5) is 5.69 Å². The lowest BCUT2D eigenvalue weighted by Gasteiger charge is -2.10. The highest BCUT2D eigenvalue weighted by Crippen LogP contribution is 2.24. The maximum Gasteiger partial charge on any atom is 0.224 e. The summed E-state index contributed by atoms with van der Waals surface area (Å²) in [4.78, 5) is 12.1. The maximum atomic E-state index is 12.1. The van der Waals surface area contributed by atoms with E-state index in [2.05, 4.69) is 41.8 Å². The quantitative estimate of drug-likeness (QED) is 0.912. The SMILES string of the molecule is Cc1ccc(CCC(=O)Nc2ccc3c(c2)CNCCO3)cc1.